The van der Waals surface area contributed by atoms with Crippen LogP contribution in [0.25, 0.3) is 0 Å². The fourth-order valence-corrected chi connectivity index (χ4v) is 2.54. The molecule has 1 aliphatic carbocycles. The van der Waals surface area contributed by atoms with Crippen LogP contribution in [0.5, 0.6) is 11.5 Å². The summed E-state index contributed by atoms with van der Waals surface area (Å²) in [6, 6.07) is 5.98. The van der Waals surface area contributed by atoms with Gasteiger partial charge in [-0.15, -0.1) is 0 Å². The first-order chi connectivity index (χ1) is 9.74. The van der Waals surface area contributed by atoms with Gasteiger partial charge in [-0.05, 0) is 49.9 Å². The highest BCUT2D eigenvalue weighted by molar-refractivity contribution is 5.43. The molecule has 4 heteroatoms. The molecule has 2 atom stereocenters. The van der Waals surface area contributed by atoms with Crippen LogP contribution in [0.15, 0.2) is 18.2 Å². The van der Waals surface area contributed by atoms with Crippen molar-refractivity contribution in [3.8, 4) is 11.5 Å². The molecule has 1 fully saturated rings. The number of ether oxygens (including phenoxy) is 2. The third-order valence-electron chi connectivity index (χ3n) is 3.68. The molecule has 1 saturated carbocycles. The summed E-state index contributed by atoms with van der Waals surface area (Å²) in [6.45, 7) is 3.99. The van der Waals surface area contributed by atoms with Crippen molar-refractivity contribution in [3.63, 3.8) is 0 Å². The highest BCUT2D eigenvalue weighted by Gasteiger charge is 2.27. The molecule has 1 aromatic rings. The molecule has 1 aliphatic rings. The van der Waals surface area contributed by atoms with E-state index in [0.29, 0.717) is 0 Å². The van der Waals surface area contributed by atoms with E-state index in [4.69, 9.17) is 9.47 Å². The van der Waals surface area contributed by atoms with Gasteiger partial charge in [-0.25, -0.2) is 0 Å². The minimum Gasteiger partial charge on any atom is -0.493 e. The first-order valence-corrected chi connectivity index (χ1v) is 7.47. The molecule has 2 N–H and O–H groups in total. The summed E-state index contributed by atoms with van der Waals surface area (Å²) in [5, 5.41) is 13.2. The summed E-state index contributed by atoms with van der Waals surface area (Å²) in [4.78, 5) is 0. The van der Waals surface area contributed by atoms with Crippen LogP contribution in [0, 0.1) is 0 Å². The average molecular weight is 279 g/mol. The molecular formula is C16H25NO3. The van der Waals surface area contributed by atoms with E-state index in [2.05, 4.69) is 12.2 Å². The third kappa shape index (κ3) is 3.87. The molecule has 1 aromatic carbocycles. The van der Waals surface area contributed by atoms with E-state index in [1.54, 1.807) is 7.11 Å². The SMILES string of the molecule is CCCNCc1ccc(OC2CCCC2O)c(OC)c1. The Kier molecular flexibility index (Phi) is 5.68. The van der Waals surface area contributed by atoms with Crippen LogP contribution in [0.1, 0.15) is 38.2 Å². The van der Waals surface area contributed by atoms with Gasteiger partial charge in [0.25, 0.3) is 0 Å². The van der Waals surface area contributed by atoms with Crippen LogP contribution in [-0.4, -0.2) is 31.0 Å². The molecule has 0 saturated heterocycles. The minimum absolute atomic E-state index is 0.104. The van der Waals surface area contributed by atoms with Crippen molar-refractivity contribution in [1.82, 2.24) is 5.32 Å². The van der Waals surface area contributed by atoms with Gasteiger partial charge in [0.1, 0.15) is 6.10 Å². The lowest BCUT2D eigenvalue weighted by atomic mass is 10.2. The van der Waals surface area contributed by atoms with E-state index >= 15 is 0 Å². The number of hydrogen-bond donors (Lipinski definition) is 2. The highest BCUT2D eigenvalue weighted by Crippen LogP contribution is 2.32. The fourth-order valence-electron chi connectivity index (χ4n) is 2.54. The van der Waals surface area contributed by atoms with Crippen molar-refractivity contribution < 1.29 is 14.6 Å². The largest absolute Gasteiger partial charge is 0.493 e. The monoisotopic (exact) mass is 279 g/mol. The van der Waals surface area contributed by atoms with Crippen molar-refractivity contribution >= 4 is 0 Å². The Morgan fingerprint density at radius 2 is 2.15 bits per heavy atom. The minimum atomic E-state index is -0.356. The Bertz CT molecular complexity index is 422. The van der Waals surface area contributed by atoms with Gasteiger partial charge in [-0.3, -0.25) is 0 Å². The molecule has 112 valence electrons. The maximum atomic E-state index is 9.84. The molecule has 0 amide bonds. The van der Waals surface area contributed by atoms with Crippen molar-refractivity contribution in [2.45, 2.75) is 51.4 Å². The maximum absolute atomic E-state index is 9.84. The lowest BCUT2D eigenvalue weighted by molar-refractivity contribution is 0.0586. The van der Waals surface area contributed by atoms with Gasteiger partial charge in [0, 0.05) is 6.54 Å². The van der Waals surface area contributed by atoms with Gasteiger partial charge in [0.2, 0.25) is 0 Å². The van der Waals surface area contributed by atoms with Gasteiger partial charge >= 0.3 is 0 Å². The van der Waals surface area contributed by atoms with E-state index in [1.165, 1.54) is 5.56 Å². The zero-order valence-corrected chi connectivity index (χ0v) is 12.4. The van der Waals surface area contributed by atoms with E-state index in [1.807, 2.05) is 18.2 Å². The average Bonchev–Trinajstić information content (AvgIpc) is 2.86. The molecule has 0 aliphatic heterocycles. The van der Waals surface area contributed by atoms with E-state index < -0.39 is 0 Å². The Labute approximate surface area is 121 Å². The topological polar surface area (TPSA) is 50.7 Å². The normalized spacial score (nSPS) is 21.9. The summed E-state index contributed by atoms with van der Waals surface area (Å²) >= 11 is 0. The molecule has 0 heterocycles. The van der Waals surface area contributed by atoms with E-state index in [9.17, 15) is 5.11 Å². The van der Waals surface area contributed by atoms with Crippen molar-refractivity contribution in [1.29, 1.82) is 0 Å². The molecule has 4 nitrogen and oxygen atoms in total. The summed E-state index contributed by atoms with van der Waals surface area (Å²) in [5.74, 6) is 1.46. The van der Waals surface area contributed by atoms with Crippen LogP contribution in [-0.2, 0) is 6.54 Å². The van der Waals surface area contributed by atoms with Gasteiger partial charge in [0.05, 0.1) is 13.2 Å². The standard InChI is InChI=1S/C16H25NO3/c1-3-9-17-11-12-7-8-15(16(10-12)19-2)20-14-6-4-5-13(14)18/h7-8,10,13-14,17-18H,3-6,9,11H2,1-2H3. The molecule has 0 radical (unpaired) electrons. The highest BCUT2D eigenvalue weighted by atomic mass is 16.5. The fraction of sp³-hybridized carbons (Fsp3) is 0.625. The van der Waals surface area contributed by atoms with E-state index in [-0.39, 0.29) is 12.2 Å². The number of hydrogen-bond acceptors (Lipinski definition) is 4. The summed E-state index contributed by atoms with van der Waals surface area (Å²) < 4.78 is 11.3. The zero-order chi connectivity index (χ0) is 14.4. The molecule has 0 bridgehead atoms. The number of rotatable bonds is 7. The second kappa shape index (κ2) is 7.50. The lowest BCUT2D eigenvalue weighted by Crippen LogP contribution is -2.25. The van der Waals surface area contributed by atoms with Gasteiger partial charge in [-0.2, -0.15) is 0 Å². The Morgan fingerprint density at radius 3 is 2.80 bits per heavy atom. The third-order valence-corrected chi connectivity index (χ3v) is 3.68. The lowest BCUT2D eigenvalue weighted by Gasteiger charge is -2.19. The number of methoxy groups -OCH3 is 1. The van der Waals surface area contributed by atoms with Crippen LogP contribution < -0.4 is 14.8 Å². The van der Waals surface area contributed by atoms with Crippen LogP contribution in [0.2, 0.25) is 0 Å². The summed E-state index contributed by atoms with van der Waals surface area (Å²) in [7, 11) is 1.65. The summed E-state index contributed by atoms with van der Waals surface area (Å²) in [5.41, 5.74) is 1.18. The molecule has 2 rings (SSSR count). The van der Waals surface area contributed by atoms with Gasteiger partial charge in [0.15, 0.2) is 11.5 Å². The first-order valence-electron chi connectivity index (χ1n) is 7.47. The van der Waals surface area contributed by atoms with Gasteiger partial charge in [-0.1, -0.05) is 13.0 Å². The van der Waals surface area contributed by atoms with Crippen molar-refractivity contribution in [2.24, 2.45) is 0 Å². The predicted molar refractivity (Wildman–Crippen MR) is 79.3 cm³/mol. The first kappa shape index (κ1) is 15.1. The molecule has 0 spiro atoms. The number of benzene rings is 1. The van der Waals surface area contributed by atoms with Crippen molar-refractivity contribution in [2.75, 3.05) is 13.7 Å². The Balaban J connectivity index is 2.01. The number of aliphatic hydroxyl groups is 1. The Hall–Kier alpha value is -1.26. The second-order valence-electron chi connectivity index (χ2n) is 5.32. The van der Waals surface area contributed by atoms with Crippen LogP contribution >= 0.6 is 0 Å². The molecule has 2 unspecified atom stereocenters. The van der Waals surface area contributed by atoms with Gasteiger partial charge < -0.3 is 19.9 Å². The zero-order valence-electron chi connectivity index (χ0n) is 12.4. The summed E-state index contributed by atoms with van der Waals surface area (Å²) in [6.07, 6.45) is 3.42. The molecule has 20 heavy (non-hydrogen) atoms. The second-order valence-corrected chi connectivity index (χ2v) is 5.32. The Morgan fingerprint density at radius 1 is 1.30 bits per heavy atom. The van der Waals surface area contributed by atoms with Crippen LogP contribution in [0.3, 0.4) is 0 Å². The number of nitrogens with one attached hydrogen (secondary N) is 1. The number of aliphatic hydroxyl groups excluding tert-OH is 1. The van der Waals surface area contributed by atoms with Crippen molar-refractivity contribution in [3.05, 3.63) is 23.8 Å². The smallest absolute Gasteiger partial charge is 0.161 e. The van der Waals surface area contributed by atoms with E-state index in [0.717, 1.165) is 50.3 Å². The maximum Gasteiger partial charge on any atom is 0.161 e. The predicted octanol–water partition coefficient (Wildman–Crippen LogP) is 2.49. The quantitative estimate of drug-likeness (QED) is 0.753. The molecular weight excluding hydrogens is 254 g/mol. The molecule has 0 aromatic heterocycles. The van der Waals surface area contributed by atoms with Crippen LogP contribution in [0.4, 0.5) is 0 Å².